The standard InChI is InChI=1S/C13H11NO/c15-10-4-3-6-12-9-8-11-5-1-2-7-13(11)14-12/h1-2,5,7-9,15H,4,10H2. The normalized spacial score (nSPS) is 9.67. The molecule has 0 amide bonds. The molecule has 2 nitrogen and oxygen atoms in total. The van der Waals surface area contributed by atoms with Crippen molar-refractivity contribution in [3.05, 3.63) is 42.1 Å². The molecule has 74 valence electrons. The van der Waals surface area contributed by atoms with Crippen LogP contribution in [0.1, 0.15) is 12.1 Å². The molecule has 0 saturated heterocycles. The van der Waals surface area contributed by atoms with Gasteiger partial charge in [0.2, 0.25) is 0 Å². The number of hydrogen-bond donors (Lipinski definition) is 1. The van der Waals surface area contributed by atoms with Gasteiger partial charge in [0.15, 0.2) is 0 Å². The molecule has 1 heterocycles. The van der Waals surface area contributed by atoms with Crippen LogP contribution >= 0.6 is 0 Å². The summed E-state index contributed by atoms with van der Waals surface area (Å²) in [5.41, 5.74) is 1.70. The van der Waals surface area contributed by atoms with Gasteiger partial charge in [0, 0.05) is 11.8 Å². The molecule has 0 radical (unpaired) electrons. The number of fused-ring (bicyclic) bond motifs is 1. The lowest BCUT2D eigenvalue weighted by Gasteiger charge is -1.96. The van der Waals surface area contributed by atoms with Gasteiger partial charge in [0.1, 0.15) is 5.69 Å². The van der Waals surface area contributed by atoms with E-state index < -0.39 is 0 Å². The average molecular weight is 197 g/mol. The first-order valence-corrected chi connectivity index (χ1v) is 4.86. The SMILES string of the molecule is OCCC#Cc1ccc2ccccc2n1. The van der Waals surface area contributed by atoms with Gasteiger partial charge in [-0.15, -0.1) is 0 Å². The molecule has 0 aliphatic carbocycles. The Kier molecular flexibility index (Phi) is 2.96. The average Bonchev–Trinajstić information content (AvgIpc) is 2.29. The lowest BCUT2D eigenvalue weighted by molar-refractivity contribution is 0.305. The van der Waals surface area contributed by atoms with Crippen LogP contribution in [0.5, 0.6) is 0 Å². The van der Waals surface area contributed by atoms with Crippen LogP contribution < -0.4 is 0 Å². The fraction of sp³-hybridized carbons (Fsp3) is 0.154. The van der Waals surface area contributed by atoms with E-state index in [0.29, 0.717) is 6.42 Å². The van der Waals surface area contributed by atoms with Gasteiger partial charge in [-0.25, -0.2) is 4.98 Å². The highest BCUT2D eigenvalue weighted by atomic mass is 16.2. The molecule has 1 aromatic carbocycles. The molecule has 0 bridgehead atoms. The molecule has 2 rings (SSSR count). The van der Waals surface area contributed by atoms with Gasteiger partial charge in [-0.1, -0.05) is 30.2 Å². The summed E-state index contributed by atoms with van der Waals surface area (Å²) in [6, 6.07) is 11.8. The third-order valence-electron chi connectivity index (χ3n) is 2.05. The molecular formula is C13H11NO. The van der Waals surface area contributed by atoms with Crippen LogP contribution in [0.2, 0.25) is 0 Å². The number of aromatic nitrogens is 1. The highest BCUT2D eigenvalue weighted by Gasteiger charge is 1.93. The molecule has 15 heavy (non-hydrogen) atoms. The van der Waals surface area contributed by atoms with Crippen molar-refractivity contribution in [1.82, 2.24) is 4.98 Å². The largest absolute Gasteiger partial charge is 0.395 e. The molecule has 1 N–H and O–H groups in total. The fourth-order valence-electron chi connectivity index (χ4n) is 1.34. The molecule has 1 aromatic heterocycles. The number of nitrogens with zero attached hydrogens (tertiary/aromatic N) is 1. The van der Waals surface area contributed by atoms with Crippen LogP contribution in [0.3, 0.4) is 0 Å². The van der Waals surface area contributed by atoms with Gasteiger partial charge in [0.05, 0.1) is 12.1 Å². The predicted octanol–water partition coefficient (Wildman–Crippen LogP) is 1.97. The van der Waals surface area contributed by atoms with Crippen molar-refractivity contribution in [2.45, 2.75) is 6.42 Å². The Morgan fingerprint density at radius 3 is 2.87 bits per heavy atom. The van der Waals surface area contributed by atoms with Crippen LogP contribution in [0.4, 0.5) is 0 Å². The van der Waals surface area contributed by atoms with Crippen LogP contribution in [-0.4, -0.2) is 16.7 Å². The number of para-hydroxylation sites is 1. The van der Waals surface area contributed by atoms with Gasteiger partial charge < -0.3 is 5.11 Å². The zero-order valence-electron chi connectivity index (χ0n) is 8.27. The number of rotatable bonds is 1. The first kappa shape index (κ1) is 9.70. The van der Waals surface area contributed by atoms with E-state index in [1.807, 2.05) is 36.4 Å². The van der Waals surface area contributed by atoms with Crippen molar-refractivity contribution in [1.29, 1.82) is 0 Å². The summed E-state index contributed by atoms with van der Waals surface area (Å²) in [6.45, 7) is 0.0978. The molecule has 0 unspecified atom stereocenters. The van der Waals surface area contributed by atoms with E-state index in [2.05, 4.69) is 16.8 Å². The van der Waals surface area contributed by atoms with Crippen LogP contribution in [0.15, 0.2) is 36.4 Å². The van der Waals surface area contributed by atoms with Gasteiger partial charge in [-0.3, -0.25) is 0 Å². The lowest BCUT2D eigenvalue weighted by atomic mass is 10.2. The summed E-state index contributed by atoms with van der Waals surface area (Å²) in [5, 5.41) is 9.71. The zero-order valence-corrected chi connectivity index (χ0v) is 8.27. The number of hydrogen-bond acceptors (Lipinski definition) is 2. The Balaban J connectivity index is 2.36. The monoisotopic (exact) mass is 197 g/mol. The maximum atomic E-state index is 8.59. The predicted molar refractivity (Wildman–Crippen MR) is 60.3 cm³/mol. The highest BCUT2D eigenvalue weighted by molar-refractivity contribution is 5.78. The Labute approximate surface area is 88.6 Å². The molecule has 0 atom stereocenters. The van der Waals surface area contributed by atoms with Crippen LogP contribution in [0, 0.1) is 11.8 Å². The molecule has 2 heteroatoms. The number of aliphatic hydroxyl groups is 1. The summed E-state index contributed by atoms with van der Waals surface area (Å²) in [5.74, 6) is 5.77. The Bertz CT molecular complexity index is 523. The van der Waals surface area contributed by atoms with Gasteiger partial charge in [-0.05, 0) is 18.1 Å². The third kappa shape index (κ3) is 2.34. The minimum absolute atomic E-state index is 0.0978. The highest BCUT2D eigenvalue weighted by Crippen LogP contribution is 2.10. The van der Waals surface area contributed by atoms with Crippen molar-refractivity contribution >= 4 is 10.9 Å². The van der Waals surface area contributed by atoms with E-state index in [-0.39, 0.29) is 6.61 Å². The summed E-state index contributed by atoms with van der Waals surface area (Å²) in [4.78, 5) is 4.39. The first-order chi connectivity index (χ1) is 7.40. The van der Waals surface area contributed by atoms with Crippen molar-refractivity contribution in [2.75, 3.05) is 6.61 Å². The molecular weight excluding hydrogens is 186 g/mol. The van der Waals surface area contributed by atoms with Gasteiger partial charge in [-0.2, -0.15) is 0 Å². The topological polar surface area (TPSA) is 33.1 Å². The second-order valence-electron chi connectivity index (χ2n) is 3.16. The Morgan fingerprint density at radius 2 is 2.00 bits per heavy atom. The molecule has 0 aliphatic heterocycles. The van der Waals surface area contributed by atoms with E-state index in [0.717, 1.165) is 16.6 Å². The quantitative estimate of drug-likeness (QED) is 0.709. The van der Waals surface area contributed by atoms with Crippen molar-refractivity contribution in [2.24, 2.45) is 0 Å². The van der Waals surface area contributed by atoms with Crippen LogP contribution in [0.25, 0.3) is 10.9 Å². The van der Waals surface area contributed by atoms with E-state index >= 15 is 0 Å². The smallest absolute Gasteiger partial charge is 0.113 e. The van der Waals surface area contributed by atoms with Crippen molar-refractivity contribution in [3.63, 3.8) is 0 Å². The second-order valence-corrected chi connectivity index (χ2v) is 3.16. The minimum atomic E-state index is 0.0978. The molecule has 0 aliphatic rings. The third-order valence-corrected chi connectivity index (χ3v) is 2.05. The van der Waals surface area contributed by atoms with E-state index in [9.17, 15) is 0 Å². The lowest BCUT2D eigenvalue weighted by Crippen LogP contribution is -1.84. The number of aliphatic hydroxyl groups excluding tert-OH is 1. The summed E-state index contributed by atoms with van der Waals surface area (Å²) < 4.78 is 0. The summed E-state index contributed by atoms with van der Waals surface area (Å²) >= 11 is 0. The minimum Gasteiger partial charge on any atom is -0.395 e. The van der Waals surface area contributed by atoms with Crippen molar-refractivity contribution in [3.8, 4) is 11.8 Å². The maximum Gasteiger partial charge on any atom is 0.113 e. The maximum absolute atomic E-state index is 8.59. The summed E-state index contributed by atoms with van der Waals surface area (Å²) in [6.07, 6.45) is 0.495. The Hall–Kier alpha value is -1.85. The van der Waals surface area contributed by atoms with Gasteiger partial charge in [0.25, 0.3) is 0 Å². The van der Waals surface area contributed by atoms with E-state index in [1.54, 1.807) is 0 Å². The van der Waals surface area contributed by atoms with Gasteiger partial charge >= 0.3 is 0 Å². The van der Waals surface area contributed by atoms with E-state index in [1.165, 1.54) is 0 Å². The second kappa shape index (κ2) is 4.59. The molecule has 2 aromatic rings. The fourth-order valence-corrected chi connectivity index (χ4v) is 1.34. The van der Waals surface area contributed by atoms with Crippen LogP contribution in [-0.2, 0) is 0 Å². The number of pyridine rings is 1. The zero-order chi connectivity index (χ0) is 10.5. The first-order valence-electron chi connectivity index (χ1n) is 4.86. The molecule has 0 saturated carbocycles. The number of benzene rings is 1. The van der Waals surface area contributed by atoms with Crippen molar-refractivity contribution < 1.29 is 5.11 Å². The molecule has 0 spiro atoms. The molecule has 0 fully saturated rings. The Morgan fingerprint density at radius 1 is 1.13 bits per heavy atom. The summed E-state index contributed by atoms with van der Waals surface area (Å²) in [7, 11) is 0. The van der Waals surface area contributed by atoms with E-state index in [4.69, 9.17) is 5.11 Å².